The molecule has 3 rings (SSSR count). The Morgan fingerprint density at radius 3 is 2.63 bits per heavy atom. The molecule has 0 atom stereocenters. The minimum Gasteiger partial charge on any atom is -0.490 e. The zero-order valence-corrected chi connectivity index (χ0v) is 15.3. The van der Waals surface area contributed by atoms with Gasteiger partial charge in [-0.05, 0) is 55.7 Å². The van der Waals surface area contributed by atoms with Crippen molar-refractivity contribution in [1.82, 2.24) is 0 Å². The fraction of sp³-hybridized carbons (Fsp3) is 0.333. The number of fused-ring (bicyclic) bond motifs is 1. The summed E-state index contributed by atoms with van der Waals surface area (Å²) in [5, 5.41) is 2.81. The van der Waals surface area contributed by atoms with Crippen molar-refractivity contribution in [2.24, 2.45) is 0 Å². The van der Waals surface area contributed by atoms with Crippen LogP contribution < -0.4 is 19.5 Å². The first-order chi connectivity index (χ1) is 13.2. The van der Waals surface area contributed by atoms with E-state index in [1.54, 1.807) is 12.1 Å². The number of hydrogen-bond donors (Lipinski definition) is 1. The Morgan fingerprint density at radius 1 is 1.07 bits per heavy atom. The average molecular weight is 369 g/mol. The topological polar surface area (TPSA) is 73.9 Å². The number of aryl methyl sites for hydroxylation is 1. The summed E-state index contributed by atoms with van der Waals surface area (Å²) in [6.45, 7) is 2.88. The van der Waals surface area contributed by atoms with E-state index >= 15 is 0 Å². The maximum absolute atomic E-state index is 12.0. The summed E-state index contributed by atoms with van der Waals surface area (Å²) < 4.78 is 16.6. The van der Waals surface area contributed by atoms with Gasteiger partial charge in [0, 0.05) is 18.5 Å². The number of benzene rings is 2. The third kappa shape index (κ3) is 5.23. The van der Waals surface area contributed by atoms with Crippen molar-refractivity contribution in [1.29, 1.82) is 0 Å². The van der Waals surface area contributed by atoms with Crippen molar-refractivity contribution in [3.8, 4) is 17.2 Å². The number of anilines is 1. The number of esters is 1. The van der Waals surface area contributed by atoms with E-state index in [2.05, 4.69) is 5.32 Å². The summed E-state index contributed by atoms with van der Waals surface area (Å²) in [4.78, 5) is 23.4. The van der Waals surface area contributed by atoms with Crippen molar-refractivity contribution in [2.75, 3.05) is 18.5 Å². The molecule has 0 fully saturated rings. The van der Waals surface area contributed by atoms with Gasteiger partial charge in [-0.25, -0.2) is 0 Å². The average Bonchev–Trinajstić information content (AvgIpc) is 2.67. The standard InChI is InChI=1S/C21H23NO5/c1-2-25-18-6-3-4-7-19(18)26-13-5-8-21(24)27-16-10-11-17-15(14-16)9-12-20(23)22-17/h3-4,6-7,10-11,14H,2,5,8-9,12-13H2,1H3,(H,22,23). The molecule has 1 heterocycles. The molecule has 1 aliphatic heterocycles. The zero-order chi connectivity index (χ0) is 19.1. The van der Waals surface area contributed by atoms with Gasteiger partial charge in [0.05, 0.1) is 13.2 Å². The Labute approximate surface area is 158 Å². The van der Waals surface area contributed by atoms with E-state index in [1.165, 1.54) is 0 Å². The van der Waals surface area contributed by atoms with Gasteiger partial charge >= 0.3 is 5.97 Å². The number of carbonyl (C=O) groups is 2. The Kier molecular flexibility index (Phi) is 6.30. The zero-order valence-electron chi connectivity index (χ0n) is 15.3. The van der Waals surface area contributed by atoms with Gasteiger partial charge in [-0.3, -0.25) is 9.59 Å². The van der Waals surface area contributed by atoms with Crippen LogP contribution in [0.25, 0.3) is 0 Å². The summed E-state index contributed by atoms with van der Waals surface area (Å²) in [7, 11) is 0. The van der Waals surface area contributed by atoms with Gasteiger partial charge in [0.2, 0.25) is 5.91 Å². The van der Waals surface area contributed by atoms with Crippen molar-refractivity contribution < 1.29 is 23.8 Å². The van der Waals surface area contributed by atoms with Crippen LogP contribution in [0.15, 0.2) is 42.5 Å². The highest BCUT2D eigenvalue weighted by Crippen LogP contribution is 2.28. The second kappa shape index (κ2) is 9.07. The molecule has 0 aromatic heterocycles. The van der Waals surface area contributed by atoms with E-state index < -0.39 is 0 Å². The normalized spacial score (nSPS) is 12.7. The van der Waals surface area contributed by atoms with Crippen LogP contribution in [0.1, 0.15) is 31.7 Å². The molecule has 0 saturated carbocycles. The second-order valence-electron chi connectivity index (χ2n) is 6.17. The van der Waals surface area contributed by atoms with Crippen LogP contribution in [0.4, 0.5) is 5.69 Å². The Hall–Kier alpha value is -3.02. The largest absolute Gasteiger partial charge is 0.490 e. The molecule has 0 aliphatic carbocycles. The van der Waals surface area contributed by atoms with Crippen LogP contribution in [0.5, 0.6) is 17.2 Å². The summed E-state index contributed by atoms with van der Waals surface area (Å²) in [5.74, 6) is 1.57. The van der Waals surface area contributed by atoms with E-state index in [4.69, 9.17) is 14.2 Å². The van der Waals surface area contributed by atoms with E-state index in [1.807, 2.05) is 37.3 Å². The molecular weight excluding hydrogens is 346 g/mol. The lowest BCUT2D eigenvalue weighted by Crippen LogP contribution is -2.19. The number of amides is 1. The molecule has 0 spiro atoms. The van der Waals surface area contributed by atoms with Gasteiger partial charge in [0.1, 0.15) is 5.75 Å². The molecule has 2 aromatic rings. The van der Waals surface area contributed by atoms with Crippen LogP contribution in [0.2, 0.25) is 0 Å². The van der Waals surface area contributed by atoms with E-state index in [0.29, 0.717) is 49.7 Å². The molecule has 27 heavy (non-hydrogen) atoms. The predicted octanol–water partition coefficient (Wildman–Crippen LogP) is 3.73. The number of nitrogens with one attached hydrogen (secondary N) is 1. The lowest BCUT2D eigenvalue weighted by molar-refractivity contribution is -0.134. The molecule has 0 unspecified atom stereocenters. The van der Waals surface area contributed by atoms with Crippen molar-refractivity contribution in [3.63, 3.8) is 0 Å². The fourth-order valence-corrected chi connectivity index (χ4v) is 2.85. The first kappa shape index (κ1) is 18.8. The summed E-state index contributed by atoms with van der Waals surface area (Å²) in [6.07, 6.45) is 1.90. The van der Waals surface area contributed by atoms with Gasteiger partial charge in [-0.15, -0.1) is 0 Å². The summed E-state index contributed by atoms with van der Waals surface area (Å²) in [5.41, 5.74) is 1.77. The number of carbonyl (C=O) groups excluding carboxylic acids is 2. The number of hydrogen-bond acceptors (Lipinski definition) is 5. The third-order valence-corrected chi connectivity index (χ3v) is 4.14. The highest BCUT2D eigenvalue weighted by Gasteiger charge is 2.16. The van der Waals surface area contributed by atoms with Crippen LogP contribution in [0, 0.1) is 0 Å². The number of rotatable bonds is 8. The van der Waals surface area contributed by atoms with Gasteiger partial charge in [-0.2, -0.15) is 0 Å². The molecule has 0 radical (unpaired) electrons. The van der Waals surface area contributed by atoms with E-state index in [0.717, 1.165) is 11.3 Å². The van der Waals surface area contributed by atoms with Crippen molar-refractivity contribution >= 4 is 17.6 Å². The highest BCUT2D eigenvalue weighted by atomic mass is 16.5. The first-order valence-corrected chi connectivity index (χ1v) is 9.14. The molecule has 2 aromatic carbocycles. The van der Waals surface area contributed by atoms with Gasteiger partial charge < -0.3 is 19.5 Å². The van der Waals surface area contributed by atoms with Crippen LogP contribution >= 0.6 is 0 Å². The Balaban J connectivity index is 1.45. The molecule has 0 saturated heterocycles. The first-order valence-electron chi connectivity index (χ1n) is 9.14. The monoisotopic (exact) mass is 369 g/mol. The number of para-hydroxylation sites is 2. The molecule has 1 N–H and O–H groups in total. The molecule has 1 amide bonds. The lowest BCUT2D eigenvalue weighted by atomic mass is 10.0. The van der Waals surface area contributed by atoms with Gasteiger partial charge in [0.15, 0.2) is 11.5 Å². The smallest absolute Gasteiger partial charge is 0.311 e. The maximum atomic E-state index is 12.0. The molecule has 1 aliphatic rings. The van der Waals surface area contributed by atoms with Crippen LogP contribution in [0.3, 0.4) is 0 Å². The minimum atomic E-state index is -0.309. The quantitative estimate of drug-likeness (QED) is 0.436. The second-order valence-corrected chi connectivity index (χ2v) is 6.17. The molecule has 6 nitrogen and oxygen atoms in total. The SMILES string of the molecule is CCOc1ccccc1OCCCC(=O)Oc1ccc2c(c1)CCC(=O)N2. The minimum absolute atomic E-state index is 0.0122. The molecular formula is C21H23NO5. The lowest BCUT2D eigenvalue weighted by Gasteiger charge is -2.17. The maximum Gasteiger partial charge on any atom is 0.311 e. The fourth-order valence-electron chi connectivity index (χ4n) is 2.85. The van der Waals surface area contributed by atoms with Crippen molar-refractivity contribution in [3.05, 3.63) is 48.0 Å². The van der Waals surface area contributed by atoms with Crippen LogP contribution in [-0.2, 0) is 16.0 Å². The predicted molar refractivity (Wildman–Crippen MR) is 101 cm³/mol. The molecule has 142 valence electrons. The van der Waals surface area contributed by atoms with E-state index in [-0.39, 0.29) is 18.3 Å². The van der Waals surface area contributed by atoms with Crippen LogP contribution in [-0.4, -0.2) is 25.1 Å². The van der Waals surface area contributed by atoms with Gasteiger partial charge in [-0.1, -0.05) is 12.1 Å². The summed E-state index contributed by atoms with van der Waals surface area (Å²) in [6, 6.07) is 12.7. The van der Waals surface area contributed by atoms with Crippen molar-refractivity contribution in [2.45, 2.75) is 32.6 Å². The highest BCUT2D eigenvalue weighted by molar-refractivity contribution is 5.94. The third-order valence-electron chi connectivity index (χ3n) is 4.14. The summed E-state index contributed by atoms with van der Waals surface area (Å²) >= 11 is 0. The number of ether oxygens (including phenoxy) is 3. The van der Waals surface area contributed by atoms with Gasteiger partial charge in [0.25, 0.3) is 0 Å². The molecule has 6 heteroatoms. The Morgan fingerprint density at radius 2 is 1.85 bits per heavy atom. The van der Waals surface area contributed by atoms with E-state index in [9.17, 15) is 9.59 Å². The molecule has 0 bridgehead atoms. The Bertz CT molecular complexity index is 818.